The molecule has 0 radical (unpaired) electrons. The highest BCUT2D eigenvalue weighted by Gasteiger charge is 2.31. The van der Waals surface area contributed by atoms with Crippen LogP contribution >= 0.6 is 0 Å². The van der Waals surface area contributed by atoms with Crippen molar-refractivity contribution in [1.29, 1.82) is 0 Å². The standard InChI is InChI=1S/C13H19N5/c1-8-6-12-16-17-13(18(12)9(2)15-8)11-5-3-4-10(11)7-14/h6,10-11H,3-5,7,14H2,1-2H3. The summed E-state index contributed by atoms with van der Waals surface area (Å²) in [4.78, 5) is 4.51. The lowest BCUT2D eigenvalue weighted by molar-refractivity contribution is 0.472. The number of rotatable bonds is 2. The van der Waals surface area contributed by atoms with Crippen LogP contribution < -0.4 is 5.73 Å². The topological polar surface area (TPSA) is 69.1 Å². The molecule has 0 aromatic carbocycles. The van der Waals surface area contributed by atoms with Crippen LogP contribution in [0.1, 0.15) is 42.5 Å². The minimum absolute atomic E-state index is 0.438. The monoisotopic (exact) mass is 245 g/mol. The van der Waals surface area contributed by atoms with Gasteiger partial charge in [-0.05, 0) is 39.2 Å². The maximum Gasteiger partial charge on any atom is 0.164 e. The average molecular weight is 245 g/mol. The summed E-state index contributed by atoms with van der Waals surface area (Å²) in [6.45, 7) is 4.73. The fourth-order valence-electron chi connectivity index (χ4n) is 3.16. The van der Waals surface area contributed by atoms with E-state index in [2.05, 4.69) is 19.6 Å². The lowest BCUT2D eigenvalue weighted by Gasteiger charge is -2.16. The molecule has 1 aliphatic rings. The molecular formula is C13H19N5. The molecule has 0 spiro atoms. The summed E-state index contributed by atoms with van der Waals surface area (Å²) in [5.74, 6) is 2.99. The molecule has 2 heterocycles. The second kappa shape index (κ2) is 4.31. The van der Waals surface area contributed by atoms with Crippen molar-refractivity contribution in [2.45, 2.75) is 39.0 Å². The van der Waals surface area contributed by atoms with Crippen molar-refractivity contribution < 1.29 is 0 Å². The van der Waals surface area contributed by atoms with Gasteiger partial charge in [0.25, 0.3) is 0 Å². The third kappa shape index (κ3) is 1.70. The SMILES string of the molecule is Cc1cc2nnc(C3CCCC3CN)n2c(C)n1. The Morgan fingerprint density at radius 1 is 1.33 bits per heavy atom. The molecule has 96 valence electrons. The molecule has 2 unspecified atom stereocenters. The number of hydrogen-bond acceptors (Lipinski definition) is 4. The summed E-state index contributed by atoms with van der Waals surface area (Å²) < 4.78 is 2.09. The van der Waals surface area contributed by atoms with Crippen LogP contribution in [0.4, 0.5) is 0 Å². The van der Waals surface area contributed by atoms with E-state index in [4.69, 9.17) is 5.73 Å². The second-order valence-electron chi connectivity index (χ2n) is 5.23. The Hall–Kier alpha value is -1.49. The van der Waals surface area contributed by atoms with Crippen molar-refractivity contribution in [1.82, 2.24) is 19.6 Å². The van der Waals surface area contributed by atoms with E-state index in [1.807, 2.05) is 19.9 Å². The molecule has 2 atom stereocenters. The lowest BCUT2D eigenvalue weighted by Crippen LogP contribution is -2.19. The minimum atomic E-state index is 0.438. The summed E-state index contributed by atoms with van der Waals surface area (Å²) in [7, 11) is 0. The van der Waals surface area contributed by atoms with Crippen LogP contribution in [0.15, 0.2) is 6.07 Å². The van der Waals surface area contributed by atoms with Crippen LogP contribution in [0.25, 0.3) is 5.65 Å². The van der Waals surface area contributed by atoms with Crippen LogP contribution in [0, 0.1) is 19.8 Å². The third-order valence-electron chi connectivity index (χ3n) is 4.01. The fourth-order valence-corrected chi connectivity index (χ4v) is 3.16. The van der Waals surface area contributed by atoms with Crippen molar-refractivity contribution in [2.75, 3.05) is 6.54 Å². The van der Waals surface area contributed by atoms with E-state index in [-0.39, 0.29) is 0 Å². The van der Waals surface area contributed by atoms with Crippen LogP contribution in [0.5, 0.6) is 0 Å². The average Bonchev–Trinajstić information content (AvgIpc) is 2.92. The Balaban J connectivity index is 2.12. The maximum atomic E-state index is 5.86. The summed E-state index contributed by atoms with van der Waals surface area (Å²) in [5, 5.41) is 8.68. The van der Waals surface area contributed by atoms with Gasteiger partial charge in [-0.25, -0.2) is 4.98 Å². The van der Waals surface area contributed by atoms with Gasteiger partial charge in [0.15, 0.2) is 5.65 Å². The largest absolute Gasteiger partial charge is 0.330 e. The normalized spacial score (nSPS) is 23.9. The number of nitrogens with two attached hydrogens (primary N) is 1. The minimum Gasteiger partial charge on any atom is -0.330 e. The lowest BCUT2D eigenvalue weighted by atomic mass is 9.95. The van der Waals surface area contributed by atoms with E-state index in [1.165, 1.54) is 12.8 Å². The predicted molar refractivity (Wildman–Crippen MR) is 69.4 cm³/mol. The number of nitrogens with zero attached hydrogens (tertiary/aromatic N) is 4. The molecule has 0 aliphatic heterocycles. The van der Waals surface area contributed by atoms with Gasteiger partial charge in [-0.15, -0.1) is 10.2 Å². The summed E-state index contributed by atoms with van der Waals surface area (Å²) in [5.41, 5.74) is 7.75. The van der Waals surface area contributed by atoms with E-state index in [0.29, 0.717) is 11.8 Å². The molecule has 0 bridgehead atoms. The summed E-state index contributed by atoms with van der Waals surface area (Å²) >= 11 is 0. The van der Waals surface area contributed by atoms with Gasteiger partial charge < -0.3 is 5.73 Å². The molecule has 5 heteroatoms. The van der Waals surface area contributed by atoms with E-state index in [0.717, 1.165) is 36.0 Å². The molecule has 1 fully saturated rings. The van der Waals surface area contributed by atoms with Gasteiger partial charge >= 0.3 is 0 Å². The zero-order valence-corrected chi connectivity index (χ0v) is 10.9. The highest BCUT2D eigenvalue weighted by molar-refractivity contribution is 5.40. The Morgan fingerprint density at radius 3 is 2.94 bits per heavy atom. The van der Waals surface area contributed by atoms with Crippen molar-refractivity contribution in [2.24, 2.45) is 11.7 Å². The van der Waals surface area contributed by atoms with Crippen molar-refractivity contribution in [3.8, 4) is 0 Å². The van der Waals surface area contributed by atoms with E-state index in [9.17, 15) is 0 Å². The molecule has 2 N–H and O–H groups in total. The molecule has 5 nitrogen and oxygen atoms in total. The molecule has 1 saturated carbocycles. The van der Waals surface area contributed by atoms with Gasteiger partial charge in [-0.3, -0.25) is 4.40 Å². The number of aromatic nitrogens is 4. The fraction of sp³-hybridized carbons (Fsp3) is 0.615. The van der Waals surface area contributed by atoms with Gasteiger partial charge in [0.05, 0.1) is 0 Å². The van der Waals surface area contributed by atoms with Gasteiger partial charge in [0.1, 0.15) is 11.6 Å². The second-order valence-corrected chi connectivity index (χ2v) is 5.23. The van der Waals surface area contributed by atoms with Crippen LogP contribution in [0.3, 0.4) is 0 Å². The first-order valence-electron chi connectivity index (χ1n) is 6.60. The van der Waals surface area contributed by atoms with Gasteiger partial charge in [-0.1, -0.05) is 6.42 Å². The van der Waals surface area contributed by atoms with Gasteiger partial charge in [-0.2, -0.15) is 0 Å². The van der Waals surface area contributed by atoms with Crippen LogP contribution in [-0.2, 0) is 0 Å². The third-order valence-corrected chi connectivity index (χ3v) is 4.01. The molecule has 0 amide bonds. The molecule has 18 heavy (non-hydrogen) atoms. The Kier molecular flexibility index (Phi) is 2.78. The van der Waals surface area contributed by atoms with Crippen molar-refractivity contribution >= 4 is 5.65 Å². The molecule has 3 rings (SSSR count). The van der Waals surface area contributed by atoms with E-state index < -0.39 is 0 Å². The predicted octanol–water partition coefficient (Wildman–Crippen LogP) is 1.58. The molecule has 2 aromatic rings. The molecule has 1 aliphatic carbocycles. The first-order chi connectivity index (χ1) is 8.70. The number of aryl methyl sites for hydroxylation is 2. The van der Waals surface area contributed by atoms with Crippen molar-refractivity contribution in [3.05, 3.63) is 23.4 Å². The zero-order chi connectivity index (χ0) is 12.7. The van der Waals surface area contributed by atoms with Crippen LogP contribution in [-0.4, -0.2) is 26.1 Å². The first-order valence-corrected chi connectivity index (χ1v) is 6.60. The van der Waals surface area contributed by atoms with Gasteiger partial charge in [0, 0.05) is 17.7 Å². The Morgan fingerprint density at radius 2 is 2.17 bits per heavy atom. The highest BCUT2D eigenvalue weighted by atomic mass is 15.3. The molecule has 0 saturated heterocycles. The van der Waals surface area contributed by atoms with Gasteiger partial charge in [0.2, 0.25) is 0 Å². The quantitative estimate of drug-likeness (QED) is 0.872. The maximum absolute atomic E-state index is 5.86. The molecular weight excluding hydrogens is 226 g/mol. The highest BCUT2D eigenvalue weighted by Crippen LogP contribution is 2.38. The summed E-state index contributed by atoms with van der Waals surface area (Å²) in [6, 6.07) is 1.98. The van der Waals surface area contributed by atoms with E-state index >= 15 is 0 Å². The molecule has 2 aromatic heterocycles. The Labute approximate surface area is 106 Å². The van der Waals surface area contributed by atoms with E-state index in [1.54, 1.807) is 0 Å². The number of hydrogen-bond donors (Lipinski definition) is 1. The smallest absolute Gasteiger partial charge is 0.164 e. The zero-order valence-electron chi connectivity index (χ0n) is 10.9. The first kappa shape index (κ1) is 11.6. The van der Waals surface area contributed by atoms with Crippen molar-refractivity contribution in [3.63, 3.8) is 0 Å². The van der Waals surface area contributed by atoms with Crippen LogP contribution in [0.2, 0.25) is 0 Å². The number of fused-ring (bicyclic) bond motifs is 1. The Bertz CT molecular complexity index is 574. The summed E-state index contributed by atoms with van der Waals surface area (Å²) in [6.07, 6.45) is 3.60.